The minimum absolute atomic E-state index is 0.0260. The Kier molecular flexibility index (Phi) is 5.33. The topological polar surface area (TPSA) is 41.6 Å². The second-order valence-electron chi connectivity index (χ2n) is 7.22. The lowest BCUT2D eigenvalue weighted by Crippen LogP contribution is -2.29. The molecule has 1 aromatic rings. The van der Waals surface area contributed by atoms with Crippen LogP contribution in [0.2, 0.25) is 0 Å². The smallest absolute Gasteiger partial charge is 0.225 e. The second-order valence-corrected chi connectivity index (χ2v) is 7.22. The van der Waals surface area contributed by atoms with Crippen molar-refractivity contribution in [2.75, 3.05) is 30.4 Å². The Hall–Kier alpha value is -1.71. The average molecular weight is 304 g/mol. The molecule has 0 bridgehead atoms. The molecule has 0 aromatic heterocycles. The van der Waals surface area contributed by atoms with E-state index in [1.54, 1.807) is 7.11 Å². The van der Waals surface area contributed by atoms with Crippen LogP contribution in [-0.4, -0.2) is 26.1 Å². The zero-order valence-corrected chi connectivity index (χ0v) is 14.2. The van der Waals surface area contributed by atoms with Gasteiger partial charge >= 0.3 is 0 Å². The van der Waals surface area contributed by atoms with Crippen molar-refractivity contribution in [1.29, 1.82) is 0 Å². The van der Waals surface area contributed by atoms with Gasteiger partial charge in [-0.05, 0) is 42.9 Å². The molecule has 0 radical (unpaired) electrons. The molecule has 1 amide bonds. The van der Waals surface area contributed by atoms with Crippen molar-refractivity contribution in [3.05, 3.63) is 18.2 Å². The van der Waals surface area contributed by atoms with Crippen LogP contribution >= 0.6 is 0 Å². The molecule has 4 heteroatoms. The van der Waals surface area contributed by atoms with Crippen LogP contribution in [-0.2, 0) is 4.79 Å². The van der Waals surface area contributed by atoms with Crippen LogP contribution in [0.15, 0.2) is 18.2 Å². The van der Waals surface area contributed by atoms with E-state index in [-0.39, 0.29) is 11.3 Å². The van der Waals surface area contributed by atoms with Gasteiger partial charge in [-0.3, -0.25) is 4.79 Å². The predicted molar refractivity (Wildman–Crippen MR) is 91.8 cm³/mol. The Balaban J connectivity index is 2.15. The Morgan fingerprint density at radius 2 is 1.91 bits per heavy atom. The Morgan fingerprint density at radius 3 is 2.50 bits per heavy atom. The van der Waals surface area contributed by atoms with Gasteiger partial charge in [0.05, 0.1) is 12.8 Å². The highest BCUT2D eigenvalue weighted by molar-refractivity contribution is 5.93. The minimum atomic E-state index is -0.0260. The predicted octanol–water partition coefficient (Wildman–Crippen LogP) is 4.06. The first-order chi connectivity index (χ1) is 10.4. The van der Waals surface area contributed by atoms with Gasteiger partial charge in [-0.1, -0.05) is 20.8 Å². The molecule has 2 rings (SSSR count). The summed E-state index contributed by atoms with van der Waals surface area (Å²) in [6, 6.07) is 6.05. The number of benzene rings is 1. The van der Waals surface area contributed by atoms with Crippen LogP contribution in [0.4, 0.5) is 11.4 Å². The van der Waals surface area contributed by atoms with E-state index < -0.39 is 0 Å². The van der Waals surface area contributed by atoms with Gasteiger partial charge in [0.25, 0.3) is 0 Å². The lowest BCUT2D eigenvalue weighted by molar-refractivity contribution is -0.117. The van der Waals surface area contributed by atoms with E-state index in [1.165, 1.54) is 19.3 Å². The third-order valence-electron chi connectivity index (χ3n) is 3.87. The Labute approximate surface area is 133 Å². The van der Waals surface area contributed by atoms with Crippen LogP contribution in [0.5, 0.6) is 5.75 Å². The normalized spacial score (nSPS) is 15.5. The van der Waals surface area contributed by atoms with Gasteiger partial charge in [0.1, 0.15) is 5.75 Å². The van der Waals surface area contributed by atoms with E-state index in [1.807, 2.05) is 12.1 Å². The number of hydrogen-bond acceptors (Lipinski definition) is 3. The summed E-state index contributed by atoms with van der Waals surface area (Å²) in [5.41, 5.74) is 1.90. The molecule has 1 N–H and O–H groups in total. The van der Waals surface area contributed by atoms with Crippen molar-refractivity contribution in [1.82, 2.24) is 0 Å². The largest absolute Gasteiger partial charge is 0.495 e. The molecule has 1 aliphatic heterocycles. The summed E-state index contributed by atoms with van der Waals surface area (Å²) in [5, 5.41) is 3.01. The second kappa shape index (κ2) is 7.03. The number of carbonyl (C=O) groups is 1. The maximum Gasteiger partial charge on any atom is 0.225 e. The molecular weight excluding hydrogens is 276 g/mol. The fourth-order valence-electron chi connectivity index (χ4n) is 2.82. The van der Waals surface area contributed by atoms with E-state index >= 15 is 0 Å². The molecule has 0 saturated carbocycles. The lowest BCUT2D eigenvalue weighted by atomic mass is 9.92. The third kappa shape index (κ3) is 4.65. The fourth-order valence-corrected chi connectivity index (χ4v) is 2.82. The number of methoxy groups -OCH3 is 1. The summed E-state index contributed by atoms with van der Waals surface area (Å²) in [4.78, 5) is 14.6. The first kappa shape index (κ1) is 16.7. The molecule has 1 heterocycles. The number of amides is 1. The van der Waals surface area contributed by atoms with Crippen LogP contribution in [0, 0.1) is 5.41 Å². The van der Waals surface area contributed by atoms with Gasteiger partial charge in [-0.15, -0.1) is 0 Å². The van der Waals surface area contributed by atoms with Gasteiger partial charge in [0.15, 0.2) is 0 Å². The minimum Gasteiger partial charge on any atom is -0.495 e. The summed E-state index contributed by atoms with van der Waals surface area (Å²) in [6.45, 7) is 8.36. The number of anilines is 2. The van der Waals surface area contributed by atoms with Gasteiger partial charge < -0.3 is 15.0 Å². The molecule has 0 aliphatic carbocycles. The van der Waals surface area contributed by atoms with Crippen molar-refractivity contribution in [2.24, 2.45) is 5.41 Å². The van der Waals surface area contributed by atoms with Gasteiger partial charge in [-0.2, -0.15) is 0 Å². The monoisotopic (exact) mass is 304 g/mol. The molecule has 122 valence electrons. The average Bonchev–Trinajstić information content (AvgIpc) is 2.46. The highest BCUT2D eigenvalue weighted by atomic mass is 16.5. The summed E-state index contributed by atoms with van der Waals surface area (Å²) in [7, 11) is 1.63. The molecule has 0 spiro atoms. The highest BCUT2D eigenvalue weighted by Gasteiger charge is 2.18. The molecule has 4 nitrogen and oxygen atoms in total. The number of carbonyl (C=O) groups excluding carboxylic acids is 1. The molecule has 1 aromatic carbocycles. The zero-order valence-electron chi connectivity index (χ0n) is 14.2. The first-order valence-corrected chi connectivity index (χ1v) is 8.12. The van der Waals surface area contributed by atoms with E-state index in [4.69, 9.17) is 4.74 Å². The van der Waals surface area contributed by atoms with Crippen LogP contribution in [0.3, 0.4) is 0 Å². The zero-order chi connectivity index (χ0) is 16.2. The molecule has 1 saturated heterocycles. The van der Waals surface area contributed by atoms with Crippen molar-refractivity contribution in [2.45, 2.75) is 46.5 Å². The van der Waals surface area contributed by atoms with Crippen molar-refractivity contribution in [3.8, 4) is 5.75 Å². The molecular formula is C18H28N2O2. The summed E-state index contributed by atoms with van der Waals surface area (Å²) >= 11 is 0. The third-order valence-corrected chi connectivity index (χ3v) is 3.87. The number of rotatable bonds is 4. The lowest BCUT2D eigenvalue weighted by Gasteiger charge is -2.29. The fraction of sp³-hybridized carbons (Fsp3) is 0.611. The first-order valence-electron chi connectivity index (χ1n) is 8.12. The Morgan fingerprint density at radius 1 is 1.23 bits per heavy atom. The molecule has 1 fully saturated rings. The molecule has 0 atom stereocenters. The van der Waals surface area contributed by atoms with Crippen LogP contribution in [0.1, 0.15) is 46.5 Å². The van der Waals surface area contributed by atoms with Crippen molar-refractivity contribution in [3.63, 3.8) is 0 Å². The van der Waals surface area contributed by atoms with Crippen LogP contribution < -0.4 is 15.0 Å². The quantitative estimate of drug-likeness (QED) is 0.912. The standard InChI is InChI=1S/C18H28N2O2/c1-18(2,3)13-17(21)19-15-12-14(8-9-16(15)22-4)20-10-6-5-7-11-20/h8-9,12H,5-7,10-11,13H2,1-4H3,(H,19,21). The molecule has 22 heavy (non-hydrogen) atoms. The number of nitrogens with zero attached hydrogens (tertiary/aromatic N) is 1. The number of hydrogen-bond donors (Lipinski definition) is 1. The van der Waals surface area contributed by atoms with Crippen molar-refractivity contribution >= 4 is 17.3 Å². The van der Waals surface area contributed by atoms with Crippen molar-refractivity contribution < 1.29 is 9.53 Å². The summed E-state index contributed by atoms with van der Waals surface area (Å²) in [6.07, 6.45) is 4.27. The Bertz CT molecular complexity index is 514. The van der Waals surface area contributed by atoms with Gasteiger partial charge in [-0.25, -0.2) is 0 Å². The summed E-state index contributed by atoms with van der Waals surface area (Å²) in [5.74, 6) is 0.740. The maximum atomic E-state index is 12.2. The number of nitrogens with one attached hydrogen (secondary N) is 1. The number of piperidine rings is 1. The van der Waals surface area contributed by atoms with E-state index in [2.05, 4.69) is 37.1 Å². The highest BCUT2D eigenvalue weighted by Crippen LogP contribution is 2.31. The SMILES string of the molecule is COc1ccc(N2CCCCC2)cc1NC(=O)CC(C)(C)C. The molecule has 0 unspecified atom stereocenters. The maximum absolute atomic E-state index is 12.2. The molecule has 1 aliphatic rings. The van der Waals surface area contributed by atoms with E-state index in [0.29, 0.717) is 12.2 Å². The van der Waals surface area contributed by atoms with Gasteiger partial charge in [0, 0.05) is 25.2 Å². The summed E-state index contributed by atoms with van der Waals surface area (Å²) < 4.78 is 5.39. The van der Waals surface area contributed by atoms with Crippen LogP contribution in [0.25, 0.3) is 0 Å². The number of ether oxygens (including phenoxy) is 1. The van der Waals surface area contributed by atoms with Gasteiger partial charge in [0.2, 0.25) is 5.91 Å². The van der Waals surface area contributed by atoms with E-state index in [9.17, 15) is 4.79 Å². The van der Waals surface area contributed by atoms with E-state index in [0.717, 1.165) is 24.5 Å².